The Labute approximate surface area is 144 Å². The van der Waals surface area contributed by atoms with Gasteiger partial charge in [0.1, 0.15) is 5.66 Å². The van der Waals surface area contributed by atoms with Gasteiger partial charge in [-0.15, -0.1) is 0 Å². The first-order valence-electron chi connectivity index (χ1n) is 9.09. The summed E-state index contributed by atoms with van der Waals surface area (Å²) >= 11 is 0. The monoisotopic (exact) mass is 322 g/mol. The van der Waals surface area contributed by atoms with Crippen LogP contribution in [0.2, 0.25) is 0 Å². The maximum atomic E-state index is 5.64. The SMILES string of the molecule is c1ccc(C2CCCNC2(c2ccccc2)N2CCOCC2)cc1. The van der Waals surface area contributed by atoms with Crippen molar-refractivity contribution in [3.05, 3.63) is 71.8 Å². The lowest BCUT2D eigenvalue weighted by atomic mass is 9.74. The molecular weight excluding hydrogens is 296 g/mol. The maximum Gasteiger partial charge on any atom is 0.105 e. The first-order chi connectivity index (χ1) is 11.9. The molecule has 2 aliphatic rings. The van der Waals surface area contributed by atoms with Gasteiger partial charge in [-0.2, -0.15) is 0 Å². The lowest BCUT2D eigenvalue weighted by Crippen LogP contribution is -2.64. The van der Waals surface area contributed by atoms with Crippen LogP contribution < -0.4 is 5.32 Å². The van der Waals surface area contributed by atoms with E-state index < -0.39 is 0 Å². The average Bonchev–Trinajstić information content (AvgIpc) is 2.70. The van der Waals surface area contributed by atoms with Crippen LogP contribution in [0.5, 0.6) is 0 Å². The lowest BCUT2D eigenvalue weighted by molar-refractivity contribution is -0.0627. The van der Waals surface area contributed by atoms with Crippen LogP contribution in [-0.4, -0.2) is 37.7 Å². The third-order valence-corrected chi connectivity index (χ3v) is 5.49. The van der Waals surface area contributed by atoms with Crippen molar-refractivity contribution in [2.24, 2.45) is 0 Å². The largest absolute Gasteiger partial charge is 0.379 e. The molecule has 0 saturated carbocycles. The highest BCUT2D eigenvalue weighted by atomic mass is 16.5. The van der Waals surface area contributed by atoms with E-state index in [2.05, 4.69) is 70.9 Å². The number of piperidine rings is 1. The van der Waals surface area contributed by atoms with Gasteiger partial charge in [-0.3, -0.25) is 10.2 Å². The van der Waals surface area contributed by atoms with Gasteiger partial charge in [0.15, 0.2) is 0 Å². The van der Waals surface area contributed by atoms with Crippen molar-refractivity contribution in [2.75, 3.05) is 32.8 Å². The van der Waals surface area contributed by atoms with Gasteiger partial charge in [-0.1, -0.05) is 60.7 Å². The molecule has 2 heterocycles. The van der Waals surface area contributed by atoms with E-state index in [0.717, 1.165) is 32.8 Å². The highest BCUT2D eigenvalue weighted by Gasteiger charge is 2.47. The Hall–Kier alpha value is -1.68. The van der Waals surface area contributed by atoms with E-state index in [1.54, 1.807) is 0 Å². The number of nitrogens with one attached hydrogen (secondary N) is 1. The van der Waals surface area contributed by atoms with Crippen molar-refractivity contribution in [1.29, 1.82) is 0 Å². The lowest BCUT2D eigenvalue weighted by Gasteiger charge is -2.53. The van der Waals surface area contributed by atoms with Crippen molar-refractivity contribution >= 4 is 0 Å². The normalized spacial score (nSPS) is 28.6. The molecule has 4 rings (SSSR count). The number of benzene rings is 2. The van der Waals surface area contributed by atoms with Gasteiger partial charge in [0.05, 0.1) is 13.2 Å². The van der Waals surface area contributed by atoms with Crippen LogP contribution >= 0.6 is 0 Å². The smallest absolute Gasteiger partial charge is 0.105 e. The Morgan fingerprint density at radius 3 is 2.29 bits per heavy atom. The standard InChI is InChI=1S/C21H26N2O/c1-3-8-18(9-4-1)20-12-7-13-22-21(20,19-10-5-2-6-11-19)23-14-16-24-17-15-23/h1-6,8-11,20,22H,7,12-17H2. The molecule has 2 aromatic carbocycles. The molecule has 1 N–H and O–H groups in total. The van der Waals surface area contributed by atoms with E-state index >= 15 is 0 Å². The van der Waals surface area contributed by atoms with Gasteiger partial charge in [0, 0.05) is 19.0 Å². The van der Waals surface area contributed by atoms with E-state index in [1.165, 1.54) is 24.0 Å². The average molecular weight is 322 g/mol. The summed E-state index contributed by atoms with van der Waals surface area (Å²) in [4.78, 5) is 2.61. The molecule has 2 fully saturated rings. The first kappa shape index (κ1) is 15.8. The van der Waals surface area contributed by atoms with Crippen molar-refractivity contribution in [3.63, 3.8) is 0 Å². The number of hydrogen-bond donors (Lipinski definition) is 1. The molecule has 0 aliphatic carbocycles. The van der Waals surface area contributed by atoms with Crippen LogP contribution in [0, 0.1) is 0 Å². The molecular formula is C21H26N2O. The molecule has 126 valence electrons. The summed E-state index contributed by atoms with van der Waals surface area (Å²) in [6.07, 6.45) is 2.43. The molecule has 2 aliphatic heterocycles. The minimum Gasteiger partial charge on any atom is -0.379 e. The van der Waals surface area contributed by atoms with Crippen LogP contribution in [0.15, 0.2) is 60.7 Å². The summed E-state index contributed by atoms with van der Waals surface area (Å²) in [6.45, 7) is 4.65. The van der Waals surface area contributed by atoms with Crippen molar-refractivity contribution in [3.8, 4) is 0 Å². The van der Waals surface area contributed by atoms with Crippen LogP contribution in [0.25, 0.3) is 0 Å². The minimum atomic E-state index is -0.134. The maximum absolute atomic E-state index is 5.64. The highest BCUT2D eigenvalue weighted by Crippen LogP contribution is 2.45. The number of nitrogens with zero attached hydrogens (tertiary/aromatic N) is 1. The molecule has 2 atom stereocenters. The topological polar surface area (TPSA) is 24.5 Å². The quantitative estimate of drug-likeness (QED) is 0.938. The molecule has 0 aromatic heterocycles. The predicted octanol–water partition coefficient (Wildman–Crippen LogP) is 3.34. The Morgan fingerprint density at radius 2 is 1.58 bits per heavy atom. The fraction of sp³-hybridized carbons (Fsp3) is 0.429. The molecule has 2 aromatic rings. The molecule has 24 heavy (non-hydrogen) atoms. The second-order valence-corrected chi connectivity index (χ2v) is 6.76. The Morgan fingerprint density at radius 1 is 0.917 bits per heavy atom. The van der Waals surface area contributed by atoms with E-state index in [4.69, 9.17) is 4.74 Å². The van der Waals surface area contributed by atoms with Gasteiger partial charge >= 0.3 is 0 Å². The van der Waals surface area contributed by atoms with Gasteiger partial charge in [0.25, 0.3) is 0 Å². The zero-order chi connectivity index (χ0) is 16.2. The molecule has 3 heteroatoms. The van der Waals surface area contributed by atoms with Gasteiger partial charge in [-0.05, 0) is 30.5 Å². The zero-order valence-electron chi connectivity index (χ0n) is 14.2. The summed E-state index contributed by atoms with van der Waals surface area (Å²) in [7, 11) is 0. The predicted molar refractivity (Wildman–Crippen MR) is 96.9 cm³/mol. The summed E-state index contributed by atoms with van der Waals surface area (Å²) in [6, 6.07) is 22.0. The fourth-order valence-electron chi connectivity index (χ4n) is 4.44. The number of ether oxygens (including phenoxy) is 1. The van der Waals surface area contributed by atoms with Crippen molar-refractivity contribution in [1.82, 2.24) is 10.2 Å². The molecule has 0 radical (unpaired) electrons. The second-order valence-electron chi connectivity index (χ2n) is 6.76. The molecule has 3 nitrogen and oxygen atoms in total. The van der Waals surface area contributed by atoms with E-state index in [9.17, 15) is 0 Å². The van der Waals surface area contributed by atoms with Crippen LogP contribution in [0.3, 0.4) is 0 Å². The number of hydrogen-bond acceptors (Lipinski definition) is 3. The summed E-state index contributed by atoms with van der Waals surface area (Å²) < 4.78 is 5.64. The molecule has 0 amide bonds. The third-order valence-electron chi connectivity index (χ3n) is 5.49. The number of rotatable bonds is 3. The van der Waals surface area contributed by atoms with Gasteiger partial charge < -0.3 is 4.74 Å². The summed E-state index contributed by atoms with van der Waals surface area (Å²) in [5.74, 6) is 0.452. The Balaban J connectivity index is 1.83. The summed E-state index contributed by atoms with van der Waals surface area (Å²) in [5.41, 5.74) is 2.67. The van der Waals surface area contributed by atoms with Gasteiger partial charge in [0.2, 0.25) is 0 Å². The second kappa shape index (κ2) is 7.06. The van der Waals surface area contributed by atoms with E-state index in [0.29, 0.717) is 5.92 Å². The first-order valence-corrected chi connectivity index (χ1v) is 9.09. The zero-order valence-corrected chi connectivity index (χ0v) is 14.2. The van der Waals surface area contributed by atoms with Crippen LogP contribution in [0.4, 0.5) is 0 Å². The van der Waals surface area contributed by atoms with E-state index in [1.807, 2.05) is 0 Å². The fourth-order valence-corrected chi connectivity index (χ4v) is 4.44. The van der Waals surface area contributed by atoms with Crippen molar-refractivity contribution < 1.29 is 4.74 Å². The van der Waals surface area contributed by atoms with Crippen molar-refractivity contribution in [2.45, 2.75) is 24.4 Å². The molecule has 2 saturated heterocycles. The van der Waals surface area contributed by atoms with Crippen LogP contribution in [0.1, 0.15) is 29.9 Å². The number of morpholine rings is 1. The Bertz CT molecular complexity index is 639. The third kappa shape index (κ3) is 2.77. The molecule has 2 unspecified atom stereocenters. The highest BCUT2D eigenvalue weighted by molar-refractivity contribution is 5.34. The Kier molecular flexibility index (Phi) is 4.65. The summed E-state index contributed by atoms with van der Waals surface area (Å²) in [5, 5.41) is 3.94. The van der Waals surface area contributed by atoms with E-state index in [-0.39, 0.29) is 5.66 Å². The molecule has 0 bridgehead atoms. The molecule has 0 spiro atoms. The minimum absolute atomic E-state index is 0.134. The van der Waals surface area contributed by atoms with Gasteiger partial charge in [-0.25, -0.2) is 0 Å². The van der Waals surface area contributed by atoms with Crippen LogP contribution in [-0.2, 0) is 10.4 Å².